The van der Waals surface area contributed by atoms with Crippen LogP contribution in [0.2, 0.25) is 0 Å². The fourth-order valence-corrected chi connectivity index (χ4v) is 5.10. The fourth-order valence-electron chi connectivity index (χ4n) is 5.10. The van der Waals surface area contributed by atoms with Crippen LogP contribution >= 0.6 is 0 Å². The van der Waals surface area contributed by atoms with Crippen LogP contribution in [0, 0.1) is 11.3 Å². The van der Waals surface area contributed by atoms with Gasteiger partial charge in [-0.05, 0) is 81.9 Å². The van der Waals surface area contributed by atoms with Crippen LogP contribution in [0.1, 0.15) is 50.6 Å². The number of nitriles is 1. The van der Waals surface area contributed by atoms with Crippen molar-refractivity contribution in [1.29, 1.82) is 5.26 Å². The number of ether oxygens (including phenoxy) is 2. The number of likely N-dealkylation sites (tertiary alicyclic amines) is 1. The first kappa shape index (κ1) is 23.3. The molecule has 7 heteroatoms. The van der Waals surface area contributed by atoms with Gasteiger partial charge in [0.05, 0.1) is 23.4 Å². The number of hydrogen-bond donors (Lipinski definition) is 1. The van der Waals surface area contributed by atoms with Crippen LogP contribution in [0.25, 0.3) is 22.2 Å². The molecule has 0 bridgehead atoms. The molecule has 7 nitrogen and oxygen atoms in total. The first-order chi connectivity index (χ1) is 17.2. The van der Waals surface area contributed by atoms with E-state index in [2.05, 4.69) is 26.9 Å². The Labute approximate surface area is 206 Å². The highest BCUT2D eigenvalue weighted by atomic mass is 16.5. The van der Waals surface area contributed by atoms with E-state index in [1.165, 1.54) is 19.3 Å². The van der Waals surface area contributed by atoms with Crippen molar-refractivity contribution in [3.8, 4) is 23.1 Å². The topological polar surface area (TPSA) is 79.5 Å². The number of aromatic nitrogens is 1. The lowest BCUT2D eigenvalue weighted by Gasteiger charge is -2.30. The zero-order chi connectivity index (χ0) is 24.2. The number of amides is 1. The number of rotatable bonds is 8. The van der Waals surface area contributed by atoms with Gasteiger partial charge >= 0.3 is 6.09 Å². The average molecular weight is 473 g/mol. The summed E-state index contributed by atoms with van der Waals surface area (Å²) in [5.41, 5.74) is 4.28. The highest BCUT2D eigenvalue weighted by Gasteiger charge is 2.28. The first-order valence-electron chi connectivity index (χ1n) is 12.7. The summed E-state index contributed by atoms with van der Waals surface area (Å²) in [6.45, 7) is 6.03. The summed E-state index contributed by atoms with van der Waals surface area (Å²) in [7, 11) is 0. The smallest absolute Gasteiger partial charge is 0.411 e. The van der Waals surface area contributed by atoms with Crippen molar-refractivity contribution in [2.75, 3.05) is 38.2 Å². The van der Waals surface area contributed by atoms with Crippen LogP contribution in [0.15, 0.2) is 42.5 Å². The van der Waals surface area contributed by atoms with Crippen molar-refractivity contribution in [3.63, 3.8) is 0 Å². The number of fused-ring (bicyclic) bond motifs is 1. The molecule has 0 spiro atoms. The van der Waals surface area contributed by atoms with Crippen molar-refractivity contribution >= 4 is 22.7 Å². The molecule has 2 aromatic carbocycles. The lowest BCUT2D eigenvalue weighted by molar-refractivity contribution is 0.168. The molecule has 3 aromatic rings. The number of hydrogen-bond acceptors (Lipinski definition) is 5. The number of carbonyl (C=O) groups is 1. The number of benzene rings is 2. The zero-order valence-corrected chi connectivity index (χ0v) is 20.3. The third-order valence-electron chi connectivity index (χ3n) is 7.08. The standard InChI is InChI=1S/C28H32N4O3/c1-2-34-28(33)30-21-10-8-20(9-11-21)27-25(19-29)24-13-12-23(35-17-16-31-14-3-4-15-31)18-26(24)32(27)22-6-5-7-22/h8-13,18,22H,2-7,14-17H2,1H3,(H,30,33). The van der Waals surface area contributed by atoms with Crippen molar-refractivity contribution in [1.82, 2.24) is 9.47 Å². The molecule has 182 valence electrons. The summed E-state index contributed by atoms with van der Waals surface area (Å²) in [6.07, 6.45) is 5.48. The summed E-state index contributed by atoms with van der Waals surface area (Å²) in [4.78, 5) is 14.2. The van der Waals surface area contributed by atoms with Crippen LogP contribution in [0.4, 0.5) is 10.5 Å². The van der Waals surface area contributed by atoms with Gasteiger partial charge in [-0.3, -0.25) is 10.2 Å². The predicted molar refractivity (Wildman–Crippen MR) is 137 cm³/mol. The number of nitrogens with one attached hydrogen (secondary N) is 1. The minimum absolute atomic E-state index is 0.320. The van der Waals surface area contributed by atoms with E-state index in [-0.39, 0.29) is 0 Å². The Kier molecular flexibility index (Phi) is 6.91. The van der Waals surface area contributed by atoms with Gasteiger partial charge in [0.1, 0.15) is 18.4 Å². The Morgan fingerprint density at radius 1 is 1.11 bits per heavy atom. The normalized spacial score (nSPS) is 16.1. The van der Waals surface area contributed by atoms with Gasteiger partial charge < -0.3 is 14.0 Å². The maximum Gasteiger partial charge on any atom is 0.411 e. The maximum absolute atomic E-state index is 11.8. The Morgan fingerprint density at radius 3 is 2.54 bits per heavy atom. The molecule has 1 N–H and O–H groups in total. The Hall–Kier alpha value is -3.50. The van der Waals surface area contributed by atoms with E-state index in [4.69, 9.17) is 9.47 Å². The summed E-state index contributed by atoms with van der Waals surface area (Å²) < 4.78 is 13.4. The molecule has 1 amide bonds. The predicted octanol–water partition coefficient (Wildman–Crippen LogP) is 5.95. The Bertz CT molecular complexity index is 1230. The molecule has 1 saturated heterocycles. The van der Waals surface area contributed by atoms with E-state index in [1.807, 2.05) is 36.4 Å². The SMILES string of the molecule is CCOC(=O)Nc1ccc(-c2c(C#N)c3ccc(OCCN4CCCC4)cc3n2C2CCC2)cc1. The molecule has 2 fully saturated rings. The molecular weight excluding hydrogens is 440 g/mol. The van der Waals surface area contributed by atoms with Gasteiger partial charge in [-0.1, -0.05) is 12.1 Å². The summed E-state index contributed by atoms with van der Waals surface area (Å²) >= 11 is 0. The molecule has 5 rings (SSSR count). The lowest BCUT2D eigenvalue weighted by atomic mass is 9.92. The van der Waals surface area contributed by atoms with Gasteiger partial charge in [-0.15, -0.1) is 0 Å². The van der Waals surface area contributed by atoms with Crippen LogP contribution < -0.4 is 10.1 Å². The van der Waals surface area contributed by atoms with E-state index in [0.29, 0.717) is 30.5 Å². The molecule has 2 heterocycles. The van der Waals surface area contributed by atoms with E-state index in [1.54, 1.807) is 6.92 Å². The first-order valence-corrected chi connectivity index (χ1v) is 12.7. The van der Waals surface area contributed by atoms with Crippen molar-refractivity contribution in [2.45, 2.75) is 45.1 Å². The molecule has 1 aliphatic heterocycles. The minimum atomic E-state index is -0.473. The van der Waals surface area contributed by atoms with Crippen molar-refractivity contribution < 1.29 is 14.3 Å². The second-order valence-corrected chi connectivity index (χ2v) is 9.29. The summed E-state index contributed by atoms with van der Waals surface area (Å²) in [5, 5.41) is 13.8. The average Bonchev–Trinajstić information content (AvgIpc) is 3.45. The summed E-state index contributed by atoms with van der Waals surface area (Å²) in [5.74, 6) is 0.847. The van der Waals surface area contributed by atoms with Crippen LogP contribution in [-0.2, 0) is 4.74 Å². The molecule has 0 radical (unpaired) electrons. The molecule has 2 aliphatic rings. The van der Waals surface area contributed by atoms with Crippen molar-refractivity contribution in [2.24, 2.45) is 0 Å². The van der Waals surface area contributed by atoms with Crippen LogP contribution in [-0.4, -0.2) is 48.4 Å². The molecule has 35 heavy (non-hydrogen) atoms. The minimum Gasteiger partial charge on any atom is -0.492 e. The Morgan fingerprint density at radius 2 is 1.89 bits per heavy atom. The number of anilines is 1. The highest BCUT2D eigenvalue weighted by Crippen LogP contribution is 2.43. The van der Waals surface area contributed by atoms with E-state index in [9.17, 15) is 10.1 Å². The van der Waals surface area contributed by atoms with Gasteiger partial charge in [0.25, 0.3) is 0 Å². The third-order valence-corrected chi connectivity index (χ3v) is 7.08. The molecule has 0 atom stereocenters. The fraction of sp³-hybridized carbons (Fsp3) is 0.429. The monoisotopic (exact) mass is 472 g/mol. The largest absolute Gasteiger partial charge is 0.492 e. The van der Waals surface area contributed by atoms with Crippen LogP contribution in [0.3, 0.4) is 0 Å². The molecule has 1 saturated carbocycles. The highest BCUT2D eigenvalue weighted by molar-refractivity contribution is 5.96. The third kappa shape index (κ3) is 4.85. The van der Waals surface area contributed by atoms with Crippen molar-refractivity contribution in [3.05, 3.63) is 48.0 Å². The molecular formula is C28H32N4O3. The van der Waals surface area contributed by atoms with Crippen LogP contribution in [0.5, 0.6) is 5.75 Å². The van der Waals surface area contributed by atoms with E-state index >= 15 is 0 Å². The van der Waals surface area contributed by atoms with Gasteiger partial charge in [0, 0.05) is 29.7 Å². The lowest BCUT2D eigenvalue weighted by Crippen LogP contribution is -2.25. The molecule has 1 aromatic heterocycles. The second-order valence-electron chi connectivity index (χ2n) is 9.29. The summed E-state index contributed by atoms with van der Waals surface area (Å²) in [6, 6.07) is 16.5. The maximum atomic E-state index is 11.8. The van der Waals surface area contributed by atoms with E-state index < -0.39 is 6.09 Å². The Balaban J connectivity index is 1.46. The van der Waals surface area contributed by atoms with E-state index in [0.717, 1.165) is 60.4 Å². The quantitative estimate of drug-likeness (QED) is 0.438. The van der Waals surface area contributed by atoms with Gasteiger partial charge in [0.2, 0.25) is 0 Å². The zero-order valence-electron chi connectivity index (χ0n) is 20.3. The van der Waals surface area contributed by atoms with Gasteiger partial charge in [-0.2, -0.15) is 5.26 Å². The number of nitrogens with zero attached hydrogens (tertiary/aromatic N) is 3. The van der Waals surface area contributed by atoms with Gasteiger partial charge in [-0.25, -0.2) is 4.79 Å². The molecule has 0 unspecified atom stereocenters. The molecule has 1 aliphatic carbocycles. The second kappa shape index (κ2) is 10.4. The van der Waals surface area contributed by atoms with Gasteiger partial charge in [0.15, 0.2) is 0 Å². The number of carbonyl (C=O) groups excluding carboxylic acids is 1.